The highest BCUT2D eigenvalue weighted by atomic mass is 32.2. The van der Waals surface area contributed by atoms with E-state index in [9.17, 15) is 0 Å². The molecule has 128 valence electrons. The number of methoxy groups -OCH3 is 1. The van der Waals surface area contributed by atoms with Crippen molar-refractivity contribution in [3.05, 3.63) is 60.9 Å². The summed E-state index contributed by atoms with van der Waals surface area (Å²) in [6.45, 7) is 0. The fraction of sp³-hybridized carbons (Fsp3) is 0.111. The minimum atomic E-state index is 0.712. The molecule has 0 aliphatic rings. The summed E-state index contributed by atoms with van der Waals surface area (Å²) in [6.07, 6.45) is 1.53. The van der Waals surface area contributed by atoms with E-state index in [2.05, 4.69) is 31.4 Å². The number of aromatic nitrogens is 2. The van der Waals surface area contributed by atoms with E-state index in [1.165, 1.54) is 6.33 Å². The van der Waals surface area contributed by atoms with Crippen LogP contribution in [0.2, 0.25) is 0 Å². The van der Waals surface area contributed by atoms with E-state index in [4.69, 9.17) is 4.74 Å². The van der Waals surface area contributed by atoms with E-state index in [0.29, 0.717) is 5.82 Å². The Balaban J connectivity index is 1.71. The van der Waals surface area contributed by atoms with Gasteiger partial charge in [0.05, 0.1) is 7.11 Å². The molecule has 0 atom stereocenters. The normalized spacial score (nSPS) is 10.3. The number of hydrogen-bond donors (Lipinski definition) is 3. The third-order valence-electron chi connectivity index (χ3n) is 3.36. The Hall–Kier alpha value is -2.77. The van der Waals surface area contributed by atoms with Gasteiger partial charge in [-0.05, 0) is 61.5 Å². The van der Waals surface area contributed by atoms with Crippen molar-refractivity contribution in [1.29, 1.82) is 0 Å². The smallest absolute Gasteiger partial charge is 0.135 e. The van der Waals surface area contributed by atoms with Crippen molar-refractivity contribution in [3.8, 4) is 5.75 Å². The highest BCUT2D eigenvalue weighted by Crippen LogP contribution is 2.23. The summed E-state index contributed by atoms with van der Waals surface area (Å²) in [5.74, 6) is 2.25. The third-order valence-corrected chi connectivity index (χ3v) is 4.05. The molecule has 3 N–H and O–H groups in total. The van der Waals surface area contributed by atoms with Crippen molar-refractivity contribution in [2.75, 3.05) is 24.8 Å². The summed E-state index contributed by atoms with van der Waals surface area (Å²) >= 11 is 1.56. The lowest BCUT2D eigenvalue weighted by molar-refractivity contribution is 0.415. The van der Waals surface area contributed by atoms with Crippen LogP contribution in [0.5, 0.6) is 5.75 Å². The van der Waals surface area contributed by atoms with Crippen LogP contribution in [0.25, 0.3) is 0 Å². The van der Waals surface area contributed by atoms with E-state index >= 15 is 0 Å². The molecule has 0 amide bonds. The van der Waals surface area contributed by atoms with E-state index < -0.39 is 0 Å². The summed E-state index contributed by atoms with van der Waals surface area (Å²) in [7, 11) is 3.54. The number of hydrogen-bond acceptors (Lipinski definition) is 7. The fourth-order valence-corrected chi connectivity index (χ4v) is 2.79. The van der Waals surface area contributed by atoms with E-state index in [0.717, 1.165) is 27.8 Å². The van der Waals surface area contributed by atoms with Crippen LogP contribution in [0, 0.1) is 0 Å². The van der Waals surface area contributed by atoms with Crippen LogP contribution in [-0.2, 0) is 0 Å². The van der Waals surface area contributed by atoms with Crippen molar-refractivity contribution in [2.45, 2.75) is 4.90 Å². The second-order valence-corrected chi connectivity index (χ2v) is 6.18. The molecular formula is C18H19N5OS. The molecule has 3 aromatic rings. The van der Waals surface area contributed by atoms with Gasteiger partial charge in [-0.1, -0.05) is 6.07 Å². The molecule has 3 rings (SSSR count). The maximum absolute atomic E-state index is 5.16. The van der Waals surface area contributed by atoms with Crippen LogP contribution in [0.4, 0.5) is 23.0 Å². The molecule has 2 aromatic carbocycles. The zero-order chi connectivity index (χ0) is 17.5. The molecule has 0 unspecified atom stereocenters. The summed E-state index contributed by atoms with van der Waals surface area (Å²) in [5.41, 5.74) is 1.90. The SMILES string of the molecule is CNSc1cccc(Nc2cc(Nc3ccc(OC)cc3)ncn2)c1. The van der Waals surface area contributed by atoms with Gasteiger partial charge in [0, 0.05) is 22.3 Å². The average Bonchev–Trinajstić information content (AvgIpc) is 2.63. The van der Waals surface area contributed by atoms with Crippen LogP contribution >= 0.6 is 11.9 Å². The lowest BCUT2D eigenvalue weighted by Crippen LogP contribution is -1.99. The Bertz CT molecular complexity index is 826. The van der Waals surface area contributed by atoms with E-state index in [1.54, 1.807) is 19.1 Å². The molecule has 0 saturated carbocycles. The van der Waals surface area contributed by atoms with Gasteiger partial charge >= 0.3 is 0 Å². The van der Waals surface area contributed by atoms with Gasteiger partial charge < -0.3 is 15.4 Å². The van der Waals surface area contributed by atoms with Crippen molar-refractivity contribution >= 4 is 35.0 Å². The first-order valence-electron chi connectivity index (χ1n) is 7.70. The van der Waals surface area contributed by atoms with Gasteiger partial charge in [0.2, 0.25) is 0 Å². The number of nitrogens with zero attached hydrogens (tertiary/aromatic N) is 2. The highest BCUT2D eigenvalue weighted by Gasteiger charge is 2.02. The lowest BCUT2D eigenvalue weighted by atomic mass is 10.3. The number of anilines is 4. The van der Waals surface area contributed by atoms with Crippen molar-refractivity contribution in [3.63, 3.8) is 0 Å². The Kier molecular flexibility index (Phi) is 5.71. The molecule has 0 radical (unpaired) electrons. The molecule has 0 aliphatic carbocycles. The van der Waals surface area contributed by atoms with E-state index in [1.807, 2.05) is 55.6 Å². The molecule has 25 heavy (non-hydrogen) atoms. The first-order chi connectivity index (χ1) is 12.3. The van der Waals surface area contributed by atoms with Gasteiger partial charge in [-0.2, -0.15) is 0 Å². The molecule has 0 saturated heterocycles. The molecule has 6 nitrogen and oxygen atoms in total. The van der Waals surface area contributed by atoms with Gasteiger partial charge in [-0.25, -0.2) is 9.97 Å². The van der Waals surface area contributed by atoms with Crippen LogP contribution in [-0.4, -0.2) is 24.1 Å². The van der Waals surface area contributed by atoms with Gasteiger partial charge in [-0.3, -0.25) is 4.72 Å². The number of ether oxygens (including phenoxy) is 1. The predicted molar refractivity (Wildman–Crippen MR) is 103 cm³/mol. The van der Waals surface area contributed by atoms with Crippen molar-refractivity contribution < 1.29 is 4.74 Å². The molecule has 1 heterocycles. The standard InChI is InChI=1S/C18H19N5OS/c1-19-25-16-5-3-4-14(10-16)23-18-11-17(20-12-21-18)22-13-6-8-15(24-2)9-7-13/h3-12,19H,1-2H3,(H2,20,21,22,23). The van der Waals surface area contributed by atoms with Crippen molar-refractivity contribution in [2.24, 2.45) is 0 Å². The topological polar surface area (TPSA) is 71.1 Å². The number of rotatable bonds is 7. The zero-order valence-corrected chi connectivity index (χ0v) is 14.8. The van der Waals surface area contributed by atoms with Gasteiger partial charge in [0.15, 0.2) is 0 Å². The first-order valence-corrected chi connectivity index (χ1v) is 8.52. The minimum absolute atomic E-state index is 0.712. The second kappa shape index (κ2) is 8.36. The maximum atomic E-state index is 5.16. The second-order valence-electron chi connectivity index (χ2n) is 5.10. The molecule has 0 bridgehead atoms. The highest BCUT2D eigenvalue weighted by molar-refractivity contribution is 7.97. The quantitative estimate of drug-likeness (QED) is 0.550. The number of nitrogens with one attached hydrogen (secondary N) is 3. The molecule has 0 spiro atoms. The lowest BCUT2D eigenvalue weighted by Gasteiger charge is -2.10. The van der Waals surface area contributed by atoms with Gasteiger partial charge in [0.25, 0.3) is 0 Å². The average molecular weight is 353 g/mol. The Labute approximate surface area is 151 Å². The summed E-state index contributed by atoms with van der Waals surface area (Å²) in [4.78, 5) is 9.66. The largest absolute Gasteiger partial charge is 0.497 e. The number of benzene rings is 2. The summed E-state index contributed by atoms with van der Waals surface area (Å²) in [6, 6.07) is 17.6. The van der Waals surface area contributed by atoms with Crippen molar-refractivity contribution in [1.82, 2.24) is 14.7 Å². The van der Waals surface area contributed by atoms with Gasteiger partial charge in [0.1, 0.15) is 23.7 Å². The van der Waals surface area contributed by atoms with E-state index in [-0.39, 0.29) is 0 Å². The Morgan fingerprint density at radius 2 is 1.60 bits per heavy atom. The monoisotopic (exact) mass is 353 g/mol. The molecule has 0 fully saturated rings. The molecule has 0 aliphatic heterocycles. The van der Waals surface area contributed by atoms with Gasteiger partial charge in [-0.15, -0.1) is 0 Å². The summed E-state index contributed by atoms with van der Waals surface area (Å²) in [5, 5.41) is 6.55. The maximum Gasteiger partial charge on any atom is 0.135 e. The van der Waals surface area contributed by atoms with Crippen LogP contribution < -0.4 is 20.1 Å². The summed E-state index contributed by atoms with van der Waals surface area (Å²) < 4.78 is 8.23. The Morgan fingerprint density at radius 1 is 0.880 bits per heavy atom. The molecular weight excluding hydrogens is 334 g/mol. The Morgan fingerprint density at radius 3 is 2.28 bits per heavy atom. The zero-order valence-electron chi connectivity index (χ0n) is 14.0. The third kappa shape index (κ3) is 4.85. The predicted octanol–water partition coefficient (Wildman–Crippen LogP) is 4.20. The van der Waals surface area contributed by atoms with Crippen LogP contribution in [0.1, 0.15) is 0 Å². The van der Waals surface area contributed by atoms with Crippen LogP contribution in [0.15, 0.2) is 65.8 Å². The fourth-order valence-electron chi connectivity index (χ4n) is 2.22. The molecule has 7 heteroatoms. The first kappa shape index (κ1) is 17.1. The van der Waals surface area contributed by atoms with Crippen LogP contribution in [0.3, 0.4) is 0 Å². The minimum Gasteiger partial charge on any atom is -0.497 e. The molecule has 1 aromatic heterocycles.